The number of pyridine rings is 1. The highest BCUT2D eigenvalue weighted by Gasteiger charge is 2.07. The number of aromatic nitrogens is 3. The Hall–Kier alpha value is -1.91. The smallest absolute Gasteiger partial charge is 0.185 e. The van der Waals surface area contributed by atoms with E-state index < -0.39 is 0 Å². The molecule has 2 rings (SSSR count). The average Bonchev–Trinajstić information content (AvgIpc) is 2.62. The molecule has 5 heteroatoms. The van der Waals surface area contributed by atoms with Crippen LogP contribution in [0.5, 0.6) is 5.75 Å². The van der Waals surface area contributed by atoms with Crippen molar-refractivity contribution in [3.63, 3.8) is 0 Å². The summed E-state index contributed by atoms with van der Waals surface area (Å²) in [4.78, 5) is 21.3. The van der Waals surface area contributed by atoms with E-state index in [0.717, 1.165) is 0 Å². The SMILES string of the molecule is CCOc1ccnc2nc(C=O)[nH]c12. The zero-order chi connectivity index (χ0) is 9.97. The molecule has 0 unspecified atom stereocenters. The van der Waals surface area contributed by atoms with Gasteiger partial charge in [-0.3, -0.25) is 4.79 Å². The Labute approximate surface area is 80.1 Å². The molecule has 0 saturated carbocycles. The van der Waals surface area contributed by atoms with Crippen LogP contribution in [-0.2, 0) is 0 Å². The lowest BCUT2D eigenvalue weighted by Gasteiger charge is -2.01. The molecular formula is C9H9N3O2. The van der Waals surface area contributed by atoms with Gasteiger partial charge < -0.3 is 9.72 Å². The number of H-pyrrole nitrogens is 1. The molecule has 1 N–H and O–H groups in total. The molecule has 5 nitrogen and oxygen atoms in total. The Morgan fingerprint density at radius 3 is 3.21 bits per heavy atom. The van der Waals surface area contributed by atoms with Crippen LogP contribution in [0.2, 0.25) is 0 Å². The Balaban J connectivity index is 2.60. The molecule has 0 aromatic carbocycles. The number of hydrogen-bond acceptors (Lipinski definition) is 4. The number of hydrogen-bond donors (Lipinski definition) is 1. The first kappa shape index (κ1) is 8.68. The molecule has 0 bridgehead atoms. The lowest BCUT2D eigenvalue weighted by atomic mass is 10.4. The zero-order valence-electron chi connectivity index (χ0n) is 7.65. The van der Waals surface area contributed by atoms with Gasteiger partial charge in [-0.15, -0.1) is 0 Å². The van der Waals surface area contributed by atoms with E-state index in [9.17, 15) is 4.79 Å². The van der Waals surface area contributed by atoms with Crippen LogP contribution in [-0.4, -0.2) is 27.8 Å². The largest absolute Gasteiger partial charge is 0.491 e. The van der Waals surface area contributed by atoms with E-state index in [2.05, 4.69) is 15.0 Å². The maximum absolute atomic E-state index is 10.5. The Kier molecular flexibility index (Phi) is 2.14. The molecule has 0 atom stereocenters. The number of nitrogens with zero attached hydrogens (tertiary/aromatic N) is 2. The van der Waals surface area contributed by atoms with Crippen molar-refractivity contribution >= 4 is 17.5 Å². The number of nitrogens with one attached hydrogen (secondary N) is 1. The van der Waals surface area contributed by atoms with Crippen molar-refractivity contribution in [3.8, 4) is 5.75 Å². The van der Waals surface area contributed by atoms with Gasteiger partial charge in [-0.2, -0.15) is 0 Å². The Bertz CT molecular complexity index is 464. The van der Waals surface area contributed by atoms with Crippen LogP contribution in [0.15, 0.2) is 12.3 Å². The van der Waals surface area contributed by atoms with Crippen molar-refractivity contribution in [1.82, 2.24) is 15.0 Å². The lowest BCUT2D eigenvalue weighted by Crippen LogP contribution is -1.92. The summed E-state index contributed by atoms with van der Waals surface area (Å²) in [6, 6.07) is 1.73. The van der Waals surface area contributed by atoms with Gasteiger partial charge in [0.1, 0.15) is 11.3 Å². The highest BCUT2D eigenvalue weighted by Crippen LogP contribution is 2.20. The van der Waals surface area contributed by atoms with Gasteiger partial charge in [0.15, 0.2) is 17.8 Å². The summed E-state index contributed by atoms with van der Waals surface area (Å²) < 4.78 is 5.35. The first-order chi connectivity index (χ1) is 6.85. The minimum absolute atomic E-state index is 0.264. The minimum atomic E-state index is 0.264. The van der Waals surface area contributed by atoms with Crippen molar-refractivity contribution in [3.05, 3.63) is 18.1 Å². The fraction of sp³-hybridized carbons (Fsp3) is 0.222. The summed E-state index contributed by atoms with van der Waals surface area (Å²) in [5.74, 6) is 0.928. The highest BCUT2D eigenvalue weighted by molar-refractivity contribution is 5.83. The molecule has 0 aliphatic carbocycles. The van der Waals surface area contributed by atoms with Crippen LogP contribution in [0.25, 0.3) is 11.2 Å². The summed E-state index contributed by atoms with van der Waals surface area (Å²) in [6.45, 7) is 2.46. The van der Waals surface area contributed by atoms with Crippen LogP contribution in [0.3, 0.4) is 0 Å². The van der Waals surface area contributed by atoms with E-state index >= 15 is 0 Å². The van der Waals surface area contributed by atoms with Gasteiger partial charge in [0.25, 0.3) is 0 Å². The fourth-order valence-corrected chi connectivity index (χ4v) is 1.24. The number of aromatic amines is 1. The summed E-state index contributed by atoms with van der Waals surface area (Å²) in [6.07, 6.45) is 2.25. The van der Waals surface area contributed by atoms with Crippen molar-refractivity contribution in [2.75, 3.05) is 6.61 Å². The van der Waals surface area contributed by atoms with Crippen molar-refractivity contribution in [1.29, 1.82) is 0 Å². The first-order valence-electron chi connectivity index (χ1n) is 4.28. The molecule has 0 saturated heterocycles. The number of carbonyl (C=O) groups excluding carboxylic acids is 1. The number of rotatable bonds is 3. The number of aldehydes is 1. The Morgan fingerprint density at radius 1 is 1.64 bits per heavy atom. The summed E-state index contributed by atoms with van der Waals surface area (Å²) in [5.41, 5.74) is 1.16. The molecule has 2 aromatic rings. The van der Waals surface area contributed by atoms with Crippen LogP contribution < -0.4 is 4.74 Å². The number of imidazole rings is 1. The maximum atomic E-state index is 10.5. The predicted octanol–water partition coefficient (Wildman–Crippen LogP) is 1.17. The average molecular weight is 191 g/mol. The number of carbonyl (C=O) groups is 1. The second-order valence-corrected chi connectivity index (χ2v) is 2.68. The summed E-state index contributed by atoms with van der Waals surface area (Å²) in [5, 5.41) is 0. The van der Waals surface area contributed by atoms with Gasteiger partial charge in [-0.25, -0.2) is 9.97 Å². The second kappa shape index (κ2) is 3.45. The third kappa shape index (κ3) is 1.32. The van der Waals surface area contributed by atoms with E-state index in [1.54, 1.807) is 12.3 Å². The van der Waals surface area contributed by atoms with Crippen LogP contribution >= 0.6 is 0 Å². The van der Waals surface area contributed by atoms with Gasteiger partial charge in [-0.05, 0) is 6.92 Å². The molecule has 0 fully saturated rings. The molecule has 0 aliphatic rings. The van der Waals surface area contributed by atoms with Crippen molar-refractivity contribution in [2.45, 2.75) is 6.92 Å². The van der Waals surface area contributed by atoms with Gasteiger partial charge in [0.2, 0.25) is 0 Å². The zero-order valence-corrected chi connectivity index (χ0v) is 7.65. The third-order valence-electron chi connectivity index (χ3n) is 1.78. The molecule has 72 valence electrons. The normalized spacial score (nSPS) is 10.4. The molecule has 0 radical (unpaired) electrons. The molecule has 14 heavy (non-hydrogen) atoms. The molecule has 0 spiro atoms. The van der Waals surface area contributed by atoms with Gasteiger partial charge in [0, 0.05) is 12.3 Å². The van der Waals surface area contributed by atoms with E-state index in [1.165, 1.54) is 0 Å². The van der Waals surface area contributed by atoms with Crippen LogP contribution in [0.4, 0.5) is 0 Å². The first-order valence-corrected chi connectivity index (χ1v) is 4.28. The molecule has 2 heterocycles. The minimum Gasteiger partial charge on any atom is -0.491 e. The fourth-order valence-electron chi connectivity index (χ4n) is 1.24. The van der Waals surface area contributed by atoms with E-state index in [4.69, 9.17) is 4.74 Å². The maximum Gasteiger partial charge on any atom is 0.185 e. The molecular weight excluding hydrogens is 182 g/mol. The number of fused-ring (bicyclic) bond motifs is 1. The van der Waals surface area contributed by atoms with E-state index in [1.807, 2.05) is 6.92 Å². The summed E-state index contributed by atoms with van der Waals surface area (Å²) in [7, 11) is 0. The quantitative estimate of drug-likeness (QED) is 0.739. The van der Waals surface area contributed by atoms with Gasteiger partial charge in [0.05, 0.1) is 6.61 Å². The van der Waals surface area contributed by atoms with Crippen molar-refractivity contribution in [2.24, 2.45) is 0 Å². The third-order valence-corrected chi connectivity index (χ3v) is 1.78. The molecule has 2 aromatic heterocycles. The lowest BCUT2D eigenvalue weighted by molar-refractivity contribution is 0.111. The molecule has 0 aliphatic heterocycles. The molecule has 0 amide bonds. The number of ether oxygens (including phenoxy) is 1. The van der Waals surface area contributed by atoms with Crippen LogP contribution in [0.1, 0.15) is 17.5 Å². The standard InChI is InChI=1S/C9H9N3O2/c1-2-14-6-3-4-10-9-8(6)11-7(5-13)12-9/h3-5H,2H2,1H3,(H,10,11,12). The van der Waals surface area contributed by atoms with E-state index in [-0.39, 0.29) is 5.82 Å². The predicted molar refractivity (Wildman–Crippen MR) is 50.4 cm³/mol. The van der Waals surface area contributed by atoms with Crippen LogP contribution in [0, 0.1) is 0 Å². The topological polar surface area (TPSA) is 67.9 Å². The second-order valence-electron chi connectivity index (χ2n) is 2.68. The highest BCUT2D eigenvalue weighted by atomic mass is 16.5. The van der Waals surface area contributed by atoms with E-state index in [0.29, 0.717) is 29.8 Å². The summed E-state index contributed by atoms with van der Waals surface area (Å²) >= 11 is 0. The van der Waals surface area contributed by atoms with Crippen molar-refractivity contribution < 1.29 is 9.53 Å². The van der Waals surface area contributed by atoms with Gasteiger partial charge in [-0.1, -0.05) is 0 Å². The monoisotopic (exact) mass is 191 g/mol. The van der Waals surface area contributed by atoms with Gasteiger partial charge >= 0.3 is 0 Å². The Morgan fingerprint density at radius 2 is 2.50 bits per heavy atom.